The van der Waals surface area contributed by atoms with Gasteiger partial charge in [-0.3, -0.25) is 14.4 Å². The zero-order valence-corrected chi connectivity index (χ0v) is 24.1. The highest BCUT2D eigenvalue weighted by atomic mass is 35.5. The van der Waals surface area contributed by atoms with Crippen LogP contribution in [-0.2, 0) is 39.8 Å². The molecule has 220 valence electrons. The number of hydrogen-bond donors (Lipinski definition) is 0. The lowest BCUT2D eigenvalue weighted by Crippen LogP contribution is -2.55. The van der Waals surface area contributed by atoms with Gasteiger partial charge in [0.1, 0.15) is 0 Å². The first-order valence-corrected chi connectivity index (χ1v) is 13.8. The van der Waals surface area contributed by atoms with Gasteiger partial charge in [-0.15, -0.1) is 0 Å². The van der Waals surface area contributed by atoms with Crippen LogP contribution >= 0.6 is 11.6 Å². The molecular formula is C31H33ClF2O7. The molecule has 0 bridgehead atoms. The minimum atomic E-state index is -2.64. The third kappa shape index (κ3) is 7.71. The van der Waals surface area contributed by atoms with Gasteiger partial charge in [-0.1, -0.05) is 61.0 Å². The number of benzene rings is 2. The molecule has 4 rings (SSSR count). The SMILES string of the molecule is CC(=O)OC1O[C@@H](c2ccc(Cl)c(Cc3ccc(C4=CCC(F)(F)CC4)cc3)c2)[C@H](C)[C@@H](OC(C)=O)[C@@H]1OC(C)=O. The Kier molecular flexibility index (Phi) is 9.49. The lowest BCUT2D eigenvalue weighted by atomic mass is 9.85. The summed E-state index contributed by atoms with van der Waals surface area (Å²) in [5.41, 5.74) is 4.32. The zero-order chi connectivity index (χ0) is 29.9. The molecule has 1 aliphatic heterocycles. The Bertz CT molecular complexity index is 1320. The molecule has 0 aromatic heterocycles. The summed E-state index contributed by atoms with van der Waals surface area (Å²) < 4.78 is 49.5. The van der Waals surface area contributed by atoms with Crippen molar-refractivity contribution in [2.45, 2.75) is 83.9 Å². The number of carbonyl (C=O) groups excluding carboxylic acids is 3. The van der Waals surface area contributed by atoms with Crippen molar-refractivity contribution in [2.75, 3.05) is 0 Å². The van der Waals surface area contributed by atoms with Gasteiger partial charge in [-0.05, 0) is 46.7 Å². The van der Waals surface area contributed by atoms with Crippen LogP contribution in [0.3, 0.4) is 0 Å². The number of allylic oxidation sites excluding steroid dienone is 2. The smallest absolute Gasteiger partial charge is 0.305 e. The first-order valence-electron chi connectivity index (χ1n) is 13.4. The molecular weight excluding hydrogens is 558 g/mol. The van der Waals surface area contributed by atoms with Crippen molar-refractivity contribution in [3.8, 4) is 0 Å². The summed E-state index contributed by atoms with van der Waals surface area (Å²) in [7, 11) is 0. The molecule has 1 fully saturated rings. The summed E-state index contributed by atoms with van der Waals surface area (Å²) in [6, 6.07) is 13.2. The normalized spacial score (nSPS) is 25.5. The molecule has 0 N–H and O–H groups in total. The summed E-state index contributed by atoms with van der Waals surface area (Å²) in [5, 5.41) is 0.532. The average molecular weight is 591 g/mol. The number of ether oxygens (including phenoxy) is 4. The van der Waals surface area contributed by atoms with E-state index in [1.54, 1.807) is 25.1 Å². The Morgan fingerprint density at radius 1 is 0.951 bits per heavy atom. The number of rotatable bonds is 7. The van der Waals surface area contributed by atoms with Crippen molar-refractivity contribution in [3.63, 3.8) is 0 Å². The highest BCUT2D eigenvalue weighted by Gasteiger charge is 2.50. The van der Waals surface area contributed by atoms with E-state index in [0.29, 0.717) is 23.4 Å². The van der Waals surface area contributed by atoms with Crippen molar-refractivity contribution in [1.82, 2.24) is 0 Å². The van der Waals surface area contributed by atoms with Crippen molar-refractivity contribution >= 4 is 35.1 Å². The number of esters is 3. The highest BCUT2D eigenvalue weighted by molar-refractivity contribution is 6.31. The Morgan fingerprint density at radius 2 is 1.59 bits per heavy atom. The minimum Gasteiger partial charge on any atom is -0.458 e. The third-order valence-electron chi connectivity index (χ3n) is 7.28. The quantitative estimate of drug-likeness (QED) is 0.265. The van der Waals surface area contributed by atoms with Crippen LogP contribution in [0.25, 0.3) is 5.57 Å². The molecule has 7 nitrogen and oxygen atoms in total. The third-order valence-corrected chi connectivity index (χ3v) is 7.65. The number of alkyl halides is 2. The van der Waals surface area contributed by atoms with Crippen LogP contribution in [0, 0.1) is 5.92 Å². The number of carbonyl (C=O) groups is 3. The standard InChI is InChI=1S/C31H33ClF2O7/c1-17-27(41-30(40-20(4)37)29(39-19(3)36)28(17)38-18(2)35)24-9-10-26(32)25(16-24)15-21-5-7-22(8-6-21)23-11-13-31(33,34)14-12-23/h5-11,16-17,27-30H,12-15H2,1-4H3/t17-,27+,28+,29-,30?/m0/s1. The van der Waals surface area contributed by atoms with E-state index in [1.807, 2.05) is 30.3 Å². The summed E-state index contributed by atoms with van der Waals surface area (Å²) >= 11 is 6.56. The van der Waals surface area contributed by atoms with E-state index in [1.165, 1.54) is 20.8 Å². The largest absolute Gasteiger partial charge is 0.458 e. The monoisotopic (exact) mass is 590 g/mol. The molecule has 0 spiro atoms. The molecule has 1 aliphatic carbocycles. The lowest BCUT2D eigenvalue weighted by Gasteiger charge is -2.43. The van der Waals surface area contributed by atoms with Gasteiger partial charge in [0.25, 0.3) is 5.92 Å². The second kappa shape index (κ2) is 12.7. The molecule has 2 aromatic carbocycles. The Balaban J connectivity index is 1.58. The first-order chi connectivity index (χ1) is 19.3. The maximum absolute atomic E-state index is 13.5. The summed E-state index contributed by atoms with van der Waals surface area (Å²) in [5.74, 6) is -5.00. The van der Waals surface area contributed by atoms with Crippen molar-refractivity contribution in [3.05, 3.63) is 75.8 Å². The van der Waals surface area contributed by atoms with Crippen molar-refractivity contribution in [1.29, 1.82) is 0 Å². The Morgan fingerprint density at radius 3 is 2.17 bits per heavy atom. The maximum Gasteiger partial charge on any atom is 0.305 e. The van der Waals surface area contributed by atoms with Gasteiger partial charge in [-0.2, -0.15) is 0 Å². The van der Waals surface area contributed by atoms with E-state index in [4.69, 9.17) is 30.5 Å². The van der Waals surface area contributed by atoms with Gasteiger partial charge in [0.05, 0.1) is 6.10 Å². The number of halogens is 3. The van der Waals surface area contributed by atoms with Crippen LogP contribution in [0.15, 0.2) is 48.5 Å². The van der Waals surface area contributed by atoms with Crippen molar-refractivity contribution < 1.29 is 42.1 Å². The molecule has 0 saturated carbocycles. The van der Waals surface area contributed by atoms with Crippen LogP contribution in [-0.4, -0.2) is 42.3 Å². The Hall–Kier alpha value is -3.30. The van der Waals surface area contributed by atoms with Crippen LogP contribution in [0.1, 0.15) is 75.3 Å². The van der Waals surface area contributed by atoms with Gasteiger partial charge < -0.3 is 18.9 Å². The van der Waals surface area contributed by atoms with Crippen LogP contribution in [0.5, 0.6) is 0 Å². The molecule has 1 unspecified atom stereocenters. The van der Waals surface area contributed by atoms with Gasteiger partial charge in [0.2, 0.25) is 12.4 Å². The highest BCUT2D eigenvalue weighted by Crippen LogP contribution is 2.41. The number of hydrogen-bond acceptors (Lipinski definition) is 7. The van der Waals surface area contributed by atoms with Crippen LogP contribution in [0.4, 0.5) is 8.78 Å². The fourth-order valence-corrected chi connectivity index (χ4v) is 5.50. The second-order valence-corrected chi connectivity index (χ2v) is 11.0. The topological polar surface area (TPSA) is 88.1 Å². The molecule has 0 amide bonds. The van der Waals surface area contributed by atoms with Gasteiger partial charge in [0, 0.05) is 44.6 Å². The van der Waals surface area contributed by atoms with E-state index < -0.39 is 54.4 Å². The summed E-state index contributed by atoms with van der Waals surface area (Å²) in [6.45, 7) is 5.44. The van der Waals surface area contributed by atoms with Crippen LogP contribution < -0.4 is 0 Å². The predicted octanol–water partition coefficient (Wildman–Crippen LogP) is 6.59. The minimum absolute atomic E-state index is 0.150. The van der Waals surface area contributed by atoms with Gasteiger partial charge >= 0.3 is 17.9 Å². The molecule has 2 aromatic rings. The average Bonchev–Trinajstić information content (AvgIpc) is 2.89. The molecule has 41 heavy (non-hydrogen) atoms. The van der Waals surface area contributed by atoms with E-state index in [9.17, 15) is 23.2 Å². The first kappa shape index (κ1) is 30.7. The molecule has 10 heteroatoms. The van der Waals surface area contributed by atoms with E-state index >= 15 is 0 Å². The summed E-state index contributed by atoms with van der Waals surface area (Å²) in [6.07, 6.45) is -2.05. The molecule has 1 saturated heterocycles. The zero-order valence-electron chi connectivity index (χ0n) is 23.3. The molecule has 0 radical (unpaired) electrons. The van der Waals surface area contributed by atoms with Crippen molar-refractivity contribution in [2.24, 2.45) is 5.92 Å². The van der Waals surface area contributed by atoms with Gasteiger partial charge in [-0.25, -0.2) is 8.78 Å². The molecule has 5 atom stereocenters. The summed E-state index contributed by atoms with van der Waals surface area (Å²) in [4.78, 5) is 35.6. The second-order valence-electron chi connectivity index (χ2n) is 10.6. The fraction of sp³-hybridized carbons (Fsp3) is 0.452. The fourth-order valence-electron chi connectivity index (χ4n) is 5.31. The van der Waals surface area contributed by atoms with E-state index in [0.717, 1.165) is 22.3 Å². The van der Waals surface area contributed by atoms with Crippen LogP contribution in [0.2, 0.25) is 5.02 Å². The van der Waals surface area contributed by atoms with E-state index in [-0.39, 0.29) is 12.8 Å². The van der Waals surface area contributed by atoms with E-state index in [2.05, 4.69) is 0 Å². The molecule has 1 heterocycles. The lowest BCUT2D eigenvalue weighted by molar-refractivity contribution is -0.283. The predicted molar refractivity (Wildman–Crippen MR) is 147 cm³/mol. The molecule has 2 aliphatic rings. The van der Waals surface area contributed by atoms with Gasteiger partial charge in [0.15, 0.2) is 6.10 Å². The maximum atomic E-state index is 13.5. The Labute approximate surface area is 242 Å².